The summed E-state index contributed by atoms with van der Waals surface area (Å²) in [6.45, 7) is 2.56. The molecule has 0 radical (unpaired) electrons. The molecule has 4 fully saturated rings. The Bertz CT molecular complexity index is 3140. The lowest BCUT2D eigenvalue weighted by Crippen LogP contribution is -2.50. The lowest BCUT2D eigenvalue weighted by molar-refractivity contribution is -0.146. The third kappa shape index (κ3) is 24.1. The maximum atomic E-state index is 14.1. The molecule has 512 valence electrons. The number of pyridine rings is 1. The molecule has 29 heteroatoms. The monoisotopic (exact) mass is 1330 g/mol. The minimum absolute atomic E-state index is 0.0662. The number of aliphatic carboxylic acids is 3. The van der Waals surface area contributed by atoms with Gasteiger partial charge in [-0.3, -0.25) is 77.4 Å². The van der Waals surface area contributed by atoms with Crippen LogP contribution in [0.3, 0.4) is 0 Å². The molecule has 1 unspecified atom stereocenters. The van der Waals surface area contributed by atoms with Gasteiger partial charge in [0.1, 0.15) is 18.3 Å². The van der Waals surface area contributed by atoms with Gasteiger partial charge in [-0.25, -0.2) is 8.78 Å². The molecule has 94 heavy (non-hydrogen) atoms. The van der Waals surface area contributed by atoms with Crippen molar-refractivity contribution in [2.45, 2.75) is 114 Å². The van der Waals surface area contributed by atoms with Gasteiger partial charge in [0, 0.05) is 115 Å². The fourth-order valence-electron chi connectivity index (χ4n) is 12.1. The zero-order chi connectivity index (χ0) is 67.7. The van der Waals surface area contributed by atoms with Crippen LogP contribution in [0.2, 0.25) is 0 Å². The molecule has 7 amide bonds. The number of hydrogen-bond donors (Lipinski definition) is 6. The first-order valence-corrected chi connectivity index (χ1v) is 33.3. The van der Waals surface area contributed by atoms with E-state index in [2.05, 4.69) is 33.1 Å². The van der Waals surface area contributed by atoms with Gasteiger partial charge in [0.05, 0.1) is 68.3 Å². The van der Waals surface area contributed by atoms with E-state index in [4.69, 9.17) is 4.74 Å². The molecule has 5 heterocycles. The third-order valence-electron chi connectivity index (χ3n) is 17.4. The first kappa shape index (κ1) is 73.5. The van der Waals surface area contributed by atoms with Crippen LogP contribution in [0.15, 0.2) is 54.7 Å². The van der Waals surface area contributed by atoms with Gasteiger partial charge in [-0.05, 0) is 100 Å². The Labute approximate surface area is 550 Å². The van der Waals surface area contributed by atoms with Gasteiger partial charge in [0.15, 0.2) is 0 Å². The second-order valence-corrected chi connectivity index (χ2v) is 25.9. The number of amides is 7. The summed E-state index contributed by atoms with van der Waals surface area (Å²) in [5, 5.41) is 46.5. The Hall–Kier alpha value is -7.91. The van der Waals surface area contributed by atoms with Crippen molar-refractivity contribution < 1.29 is 76.8 Å². The van der Waals surface area contributed by atoms with E-state index in [9.17, 15) is 77.3 Å². The molecule has 2 aromatic carbocycles. The zero-order valence-electron chi connectivity index (χ0n) is 53.4. The van der Waals surface area contributed by atoms with Gasteiger partial charge in [-0.2, -0.15) is 5.26 Å². The number of halogens is 2. The third-order valence-corrected chi connectivity index (χ3v) is 18.7. The Morgan fingerprint density at radius 2 is 1.37 bits per heavy atom. The van der Waals surface area contributed by atoms with Crippen molar-refractivity contribution in [3.05, 3.63) is 71.4 Å². The first-order valence-electron chi connectivity index (χ1n) is 32.3. The van der Waals surface area contributed by atoms with Crippen LogP contribution in [0.25, 0.3) is 10.9 Å². The van der Waals surface area contributed by atoms with Crippen molar-refractivity contribution >= 4 is 81.9 Å². The van der Waals surface area contributed by atoms with Gasteiger partial charge in [-0.15, -0.1) is 11.8 Å². The molecule has 4 saturated heterocycles. The normalized spacial score (nSPS) is 19.2. The highest BCUT2D eigenvalue weighted by Crippen LogP contribution is 2.32. The molecule has 4 aliphatic heterocycles. The van der Waals surface area contributed by atoms with Crippen LogP contribution in [-0.4, -0.2) is 267 Å². The predicted octanol–water partition coefficient (Wildman–Crippen LogP) is 2.95. The van der Waals surface area contributed by atoms with Gasteiger partial charge in [0.25, 0.3) is 11.8 Å². The summed E-state index contributed by atoms with van der Waals surface area (Å²) in [7, 11) is 0. The Kier molecular flexibility index (Phi) is 28.7. The number of carbonyl (C=O) groups excluding carboxylic acids is 7. The highest BCUT2D eigenvalue weighted by atomic mass is 32.2. The van der Waals surface area contributed by atoms with E-state index in [1.807, 2.05) is 24.0 Å². The number of unbranched alkanes of at least 4 members (excludes halogenated alkanes) is 2. The molecule has 3 atom stereocenters. The largest absolute Gasteiger partial charge is 0.494 e. The average molecular weight is 1330 g/mol. The molecule has 0 saturated carbocycles. The lowest BCUT2D eigenvalue weighted by Gasteiger charge is -2.33. The molecule has 0 spiro atoms. The van der Waals surface area contributed by atoms with Crippen molar-refractivity contribution in [3.63, 3.8) is 0 Å². The highest BCUT2D eigenvalue weighted by Gasteiger charge is 2.47. The standard InChI is InChI=1S/C65H88F2N12O14S/c1-45-11-13-46(14-12-45)8-6-10-55(80)70-20-4-2-9-48(72-56(81)38-73-24-26-74(40-60(85)86)28-30-76(42-62(89)90)31-29-75(27-25-73)41-61(87)88)43-94-54-34-57(82)78(64(54)92)39-59(84)77-22-18-47(19-23-77)7-3-5-32-93-50-15-16-53-52(33-50)51(17-21-69-53)63(91)71-37-58(83)79-44-65(66,67)35-49(79)36-68/h11-17,21,33,47-49,54H,2-10,18-20,22-32,34-35,37-44H2,1H3,(H,70,80)(H,71,91)(H,72,81)(H,85,86)(H,87,88)(H,89,90)/t48-,49+,54?/m0/s1. The number of piperidine rings is 1. The summed E-state index contributed by atoms with van der Waals surface area (Å²) >= 11 is 1.22. The Balaban J connectivity index is 0.866. The van der Waals surface area contributed by atoms with Crippen molar-refractivity contribution in [1.82, 2.24) is 55.2 Å². The minimum atomic E-state index is -3.19. The molecular formula is C65H88F2N12O14S. The number of fused-ring (bicyclic) bond motifs is 1. The molecular weight excluding hydrogens is 1240 g/mol. The Morgan fingerprint density at radius 3 is 1.99 bits per heavy atom. The maximum Gasteiger partial charge on any atom is 0.317 e. The smallest absolute Gasteiger partial charge is 0.317 e. The molecule has 1 aromatic heterocycles. The fourth-order valence-corrected chi connectivity index (χ4v) is 13.3. The van der Waals surface area contributed by atoms with Gasteiger partial charge >= 0.3 is 17.9 Å². The number of rotatable bonds is 32. The molecule has 26 nitrogen and oxygen atoms in total. The quantitative estimate of drug-likeness (QED) is 0.0386. The molecule has 0 aliphatic carbocycles. The topological polar surface area (TPSA) is 336 Å². The van der Waals surface area contributed by atoms with Gasteiger partial charge in [0.2, 0.25) is 35.4 Å². The first-order chi connectivity index (χ1) is 45.0. The van der Waals surface area contributed by atoms with Crippen LogP contribution in [0.5, 0.6) is 5.75 Å². The SMILES string of the molecule is Cc1ccc(CCCC(=O)NCCCC[C@@H](CSC2CC(=O)N(CC(=O)N3CCC(CCCCOc4ccc5nccc(C(=O)NCC(=O)N6CC(F)(F)C[C@@H]6C#N)c5c4)CC3)C2=O)NC(=O)CN2CCN(CC(=O)O)CCN(CC(=O)O)CCN(CC(=O)O)CC2)cc1. The second kappa shape index (κ2) is 36.7. The lowest BCUT2D eigenvalue weighted by atomic mass is 9.91. The minimum Gasteiger partial charge on any atom is -0.494 e. The maximum absolute atomic E-state index is 14.1. The number of imide groups is 1. The van der Waals surface area contributed by atoms with Crippen LogP contribution in [0.4, 0.5) is 8.78 Å². The van der Waals surface area contributed by atoms with E-state index in [1.54, 1.807) is 43.9 Å². The fraction of sp³-hybridized carbons (Fsp3) is 0.600. The summed E-state index contributed by atoms with van der Waals surface area (Å²) in [5.41, 5.74) is 3.01. The van der Waals surface area contributed by atoms with E-state index in [0.717, 1.165) is 53.0 Å². The van der Waals surface area contributed by atoms with E-state index < -0.39 is 84.3 Å². The Morgan fingerprint density at radius 1 is 0.745 bits per heavy atom. The molecule has 3 aromatic rings. The van der Waals surface area contributed by atoms with E-state index in [1.165, 1.54) is 24.0 Å². The number of carbonyl (C=O) groups is 10. The summed E-state index contributed by atoms with van der Waals surface area (Å²) in [4.78, 5) is 144. The molecule has 6 N–H and O–H groups in total. The van der Waals surface area contributed by atoms with E-state index in [-0.39, 0.29) is 121 Å². The number of carboxylic acids is 3. The van der Waals surface area contributed by atoms with Crippen molar-refractivity contribution in [2.75, 3.05) is 130 Å². The predicted molar refractivity (Wildman–Crippen MR) is 343 cm³/mol. The number of aryl methyl sites for hydroxylation is 2. The number of likely N-dealkylation sites (tertiary alicyclic amines) is 3. The number of nitrogens with one attached hydrogen (secondary N) is 3. The van der Waals surface area contributed by atoms with Gasteiger partial charge < -0.3 is 45.8 Å². The number of nitriles is 1. The van der Waals surface area contributed by atoms with Crippen LogP contribution in [0, 0.1) is 24.2 Å². The van der Waals surface area contributed by atoms with Crippen molar-refractivity contribution in [3.8, 4) is 11.8 Å². The second-order valence-electron chi connectivity index (χ2n) is 24.7. The number of hydrogen-bond acceptors (Lipinski definition) is 18. The number of nitrogens with zero attached hydrogens (tertiary/aromatic N) is 9. The molecule has 0 bridgehead atoms. The number of carboxylic acid groups (broad SMARTS) is 3. The van der Waals surface area contributed by atoms with Crippen molar-refractivity contribution in [1.29, 1.82) is 5.26 Å². The van der Waals surface area contributed by atoms with Gasteiger partial charge in [-0.1, -0.05) is 36.2 Å². The van der Waals surface area contributed by atoms with Crippen LogP contribution in [0.1, 0.15) is 98.5 Å². The number of alkyl halides is 2. The summed E-state index contributed by atoms with van der Waals surface area (Å²) in [6, 6.07) is 14.7. The average Bonchev–Trinajstić information content (AvgIpc) is 1.46. The van der Waals surface area contributed by atoms with E-state index in [0.29, 0.717) is 87.3 Å². The summed E-state index contributed by atoms with van der Waals surface area (Å²) in [5.74, 6) is -8.48. The van der Waals surface area contributed by atoms with Crippen LogP contribution >= 0.6 is 11.8 Å². The molecule has 4 aliphatic rings. The number of aromatic nitrogens is 1. The number of ether oxygens (including phenoxy) is 1. The van der Waals surface area contributed by atoms with Crippen LogP contribution in [-0.2, 0) is 49.6 Å². The summed E-state index contributed by atoms with van der Waals surface area (Å²) in [6.07, 6.45) is 7.92. The van der Waals surface area contributed by atoms with Crippen molar-refractivity contribution in [2.24, 2.45) is 5.92 Å². The zero-order valence-corrected chi connectivity index (χ0v) is 54.2. The number of benzene rings is 2. The highest BCUT2D eigenvalue weighted by molar-refractivity contribution is 8.00. The molecule has 7 rings (SSSR count). The number of thioether (sulfide) groups is 1. The van der Waals surface area contributed by atoms with Crippen LogP contribution < -0.4 is 20.7 Å². The summed E-state index contributed by atoms with van der Waals surface area (Å²) < 4.78 is 33.9. The van der Waals surface area contributed by atoms with E-state index >= 15 is 0 Å².